The average molecular weight is 305 g/mol. The van der Waals surface area contributed by atoms with Crippen molar-refractivity contribution in [3.63, 3.8) is 0 Å². The minimum absolute atomic E-state index is 0.246. The van der Waals surface area contributed by atoms with Gasteiger partial charge in [-0.2, -0.15) is 0 Å². The van der Waals surface area contributed by atoms with Crippen LogP contribution in [0.5, 0.6) is 5.75 Å². The summed E-state index contributed by atoms with van der Waals surface area (Å²) in [5, 5.41) is 0.686. The van der Waals surface area contributed by atoms with Crippen molar-refractivity contribution in [2.24, 2.45) is 0 Å². The molecule has 3 nitrogen and oxygen atoms in total. The van der Waals surface area contributed by atoms with Gasteiger partial charge in [0.1, 0.15) is 12.4 Å². The lowest BCUT2D eigenvalue weighted by molar-refractivity contribution is -0.139. The molecule has 110 valence electrons. The van der Waals surface area contributed by atoms with Gasteiger partial charge in [0.2, 0.25) is 0 Å². The molecule has 0 heterocycles. The molecule has 2 rings (SSSR count). The van der Waals surface area contributed by atoms with E-state index in [2.05, 4.69) is 0 Å². The maximum atomic E-state index is 11.4. The van der Waals surface area contributed by atoms with Crippen molar-refractivity contribution in [2.75, 3.05) is 7.11 Å². The third-order valence-electron chi connectivity index (χ3n) is 3.20. The van der Waals surface area contributed by atoms with Crippen LogP contribution in [-0.2, 0) is 22.6 Å². The van der Waals surface area contributed by atoms with Crippen LogP contribution in [-0.4, -0.2) is 13.1 Å². The Balaban J connectivity index is 2.11. The molecule has 0 aliphatic rings. The molecule has 0 aliphatic carbocycles. The molecule has 2 aromatic rings. The van der Waals surface area contributed by atoms with E-state index in [1.165, 1.54) is 7.11 Å². The zero-order valence-electron chi connectivity index (χ0n) is 12.1. The van der Waals surface area contributed by atoms with Gasteiger partial charge in [-0.25, -0.2) is 0 Å². The van der Waals surface area contributed by atoms with E-state index < -0.39 is 0 Å². The number of ether oxygens (including phenoxy) is 2. The summed E-state index contributed by atoms with van der Waals surface area (Å²) in [6.07, 6.45) is 0.246. The standard InChI is InChI=1S/C17H17ClO3/c1-12-9-15(18)7-8-16(12)21-11-14-6-4-3-5-13(14)10-17(19)20-2/h3-9H,10-11H2,1-2H3. The number of carbonyl (C=O) groups excluding carboxylic acids is 1. The van der Waals surface area contributed by atoms with Crippen LogP contribution in [0.2, 0.25) is 5.02 Å². The van der Waals surface area contributed by atoms with Crippen LogP contribution in [0.4, 0.5) is 0 Å². The Hall–Kier alpha value is -2.00. The molecule has 0 saturated carbocycles. The number of halogens is 1. The van der Waals surface area contributed by atoms with E-state index in [0.29, 0.717) is 11.6 Å². The number of hydrogen-bond donors (Lipinski definition) is 0. The SMILES string of the molecule is COC(=O)Cc1ccccc1COc1ccc(Cl)cc1C. The third-order valence-corrected chi connectivity index (χ3v) is 3.44. The first kappa shape index (κ1) is 15.4. The minimum Gasteiger partial charge on any atom is -0.489 e. The van der Waals surface area contributed by atoms with Gasteiger partial charge in [-0.15, -0.1) is 0 Å². The zero-order chi connectivity index (χ0) is 15.2. The Morgan fingerprint density at radius 1 is 1.14 bits per heavy atom. The average Bonchev–Trinajstić information content (AvgIpc) is 2.47. The summed E-state index contributed by atoms with van der Waals surface area (Å²) in [5.74, 6) is 0.525. The number of esters is 1. The Labute approximate surface area is 129 Å². The lowest BCUT2D eigenvalue weighted by Gasteiger charge is -2.12. The molecule has 2 aromatic carbocycles. The van der Waals surface area contributed by atoms with Crippen molar-refractivity contribution in [1.29, 1.82) is 0 Å². The Bertz CT molecular complexity index is 638. The maximum absolute atomic E-state index is 11.4. The largest absolute Gasteiger partial charge is 0.489 e. The van der Waals surface area contributed by atoms with Gasteiger partial charge in [0.15, 0.2) is 0 Å². The summed E-state index contributed by atoms with van der Waals surface area (Å²) < 4.78 is 10.5. The van der Waals surface area contributed by atoms with E-state index in [9.17, 15) is 4.79 Å². The second-order valence-corrected chi connectivity index (χ2v) is 5.16. The molecule has 0 radical (unpaired) electrons. The number of carbonyl (C=O) groups is 1. The summed E-state index contributed by atoms with van der Waals surface area (Å²) in [7, 11) is 1.39. The fraction of sp³-hybridized carbons (Fsp3) is 0.235. The Morgan fingerprint density at radius 3 is 2.52 bits per heavy atom. The van der Waals surface area contributed by atoms with Crippen molar-refractivity contribution < 1.29 is 14.3 Å². The number of aryl methyl sites for hydroxylation is 1. The molecule has 0 amide bonds. The molecule has 0 saturated heterocycles. The fourth-order valence-electron chi connectivity index (χ4n) is 2.03. The lowest BCUT2D eigenvalue weighted by atomic mass is 10.1. The predicted molar refractivity (Wildman–Crippen MR) is 82.7 cm³/mol. The van der Waals surface area contributed by atoms with Crippen LogP contribution < -0.4 is 4.74 Å². The van der Waals surface area contributed by atoms with Gasteiger partial charge >= 0.3 is 5.97 Å². The molecule has 0 aromatic heterocycles. The quantitative estimate of drug-likeness (QED) is 0.785. The summed E-state index contributed by atoms with van der Waals surface area (Å²) in [4.78, 5) is 11.4. The molecular formula is C17H17ClO3. The first-order chi connectivity index (χ1) is 10.1. The van der Waals surface area contributed by atoms with Gasteiger partial charge in [0.25, 0.3) is 0 Å². The van der Waals surface area contributed by atoms with Gasteiger partial charge in [-0.3, -0.25) is 4.79 Å². The normalized spacial score (nSPS) is 10.2. The van der Waals surface area contributed by atoms with Crippen molar-refractivity contribution in [3.8, 4) is 5.75 Å². The highest BCUT2D eigenvalue weighted by Gasteiger charge is 2.09. The van der Waals surface area contributed by atoms with Crippen LogP contribution in [0.15, 0.2) is 42.5 Å². The molecule has 0 spiro atoms. The van der Waals surface area contributed by atoms with Gasteiger partial charge in [0.05, 0.1) is 13.5 Å². The fourth-order valence-corrected chi connectivity index (χ4v) is 2.26. The van der Waals surface area contributed by atoms with Gasteiger partial charge in [0, 0.05) is 5.02 Å². The van der Waals surface area contributed by atoms with E-state index in [4.69, 9.17) is 21.1 Å². The van der Waals surface area contributed by atoms with E-state index >= 15 is 0 Å². The number of hydrogen-bond acceptors (Lipinski definition) is 3. The van der Waals surface area contributed by atoms with Crippen molar-refractivity contribution >= 4 is 17.6 Å². The van der Waals surface area contributed by atoms with E-state index in [1.54, 1.807) is 6.07 Å². The van der Waals surface area contributed by atoms with E-state index in [0.717, 1.165) is 22.4 Å². The third kappa shape index (κ3) is 4.23. The number of methoxy groups -OCH3 is 1. The Kier molecular flexibility index (Phi) is 5.23. The van der Waals surface area contributed by atoms with Gasteiger partial charge in [-0.1, -0.05) is 35.9 Å². The highest BCUT2D eigenvalue weighted by atomic mass is 35.5. The molecular weight excluding hydrogens is 288 g/mol. The van der Waals surface area contributed by atoms with Crippen LogP contribution >= 0.6 is 11.6 Å². The first-order valence-electron chi connectivity index (χ1n) is 6.62. The molecule has 0 aliphatic heterocycles. The highest BCUT2D eigenvalue weighted by molar-refractivity contribution is 6.30. The van der Waals surface area contributed by atoms with Crippen molar-refractivity contribution in [3.05, 3.63) is 64.2 Å². The summed E-state index contributed by atoms with van der Waals surface area (Å²) in [5.41, 5.74) is 2.86. The number of rotatable bonds is 5. The van der Waals surface area contributed by atoms with Crippen LogP contribution in [0.1, 0.15) is 16.7 Å². The molecule has 0 N–H and O–H groups in total. The zero-order valence-corrected chi connectivity index (χ0v) is 12.8. The van der Waals surface area contributed by atoms with Crippen LogP contribution in [0.3, 0.4) is 0 Å². The van der Waals surface area contributed by atoms with Crippen molar-refractivity contribution in [1.82, 2.24) is 0 Å². The number of benzene rings is 2. The summed E-state index contributed by atoms with van der Waals surface area (Å²) in [6, 6.07) is 13.2. The topological polar surface area (TPSA) is 35.5 Å². The molecule has 4 heteroatoms. The molecule has 0 fully saturated rings. The minimum atomic E-state index is -0.259. The van der Waals surface area contributed by atoms with E-state index in [-0.39, 0.29) is 12.4 Å². The van der Waals surface area contributed by atoms with Crippen molar-refractivity contribution in [2.45, 2.75) is 20.0 Å². The molecule has 0 unspecified atom stereocenters. The molecule has 0 atom stereocenters. The molecule has 0 bridgehead atoms. The van der Waals surface area contributed by atoms with Gasteiger partial charge < -0.3 is 9.47 Å². The van der Waals surface area contributed by atoms with E-state index in [1.807, 2.05) is 43.3 Å². The van der Waals surface area contributed by atoms with Crippen LogP contribution in [0.25, 0.3) is 0 Å². The molecule has 21 heavy (non-hydrogen) atoms. The second kappa shape index (κ2) is 7.14. The summed E-state index contributed by atoms with van der Waals surface area (Å²) >= 11 is 5.93. The van der Waals surface area contributed by atoms with Crippen LogP contribution in [0, 0.1) is 6.92 Å². The maximum Gasteiger partial charge on any atom is 0.309 e. The summed E-state index contributed by atoms with van der Waals surface area (Å²) in [6.45, 7) is 2.34. The highest BCUT2D eigenvalue weighted by Crippen LogP contribution is 2.23. The lowest BCUT2D eigenvalue weighted by Crippen LogP contribution is -2.08. The Morgan fingerprint density at radius 2 is 1.86 bits per heavy atom. The second-order valence-electron chi connectivity index (χ2n) is 4.72. The smallest absolute Gasteiger partial charge is 0.309 e. The van der Waals surface area contributed by atoms with Gasteiger partial charge in [-0.05, 0) is 41.8 Å². The monoisotopic (exact) mass is 304 g/mol. The first-order valence-corrected chi connectivity index (χ1v) is 7.00. The predicted octanol–water partition coefficient (Wildman–Crippen LogP) is 3.94.